The Balaban J connectivity index is 1.58. The number of carbonyl (C=O) groups excluding carboxylic acids is 3. The van der Waals surface area contributed by atoms with E-state index in [4.69, 9.17) is 16.3 Å². The molecule has 9 heteroatoms. The highest BCUT2D eigenvalue weighted by atomic mass is 35.5. The van der Waals surface area contributed by atoms with E-state index in [-0.39, 0.29) is 18.9 Å². The molecule has 2 aliphatic rings. The van der Waals surface area contributed by atoms with Crippen LogP contribution in [-0.4, -0.2) is 36.0 Å². The average Bonchev–Trinajstić information content (AvgIpc) is 3.16. The molecule has 1 fully saturated rings. The second-order valence-corrected chi connectivity index (χ2v) is 8.13. The predicted molar refractivity (Wildman–Crippen MR) is 117 cm³/mol. The normalized spacial score (nSPS) is 18.2. The molecule has 0 radical (unpaired) electrons. The smallest absolute Gasteiger partial charge is 0.410 e. The van der Waals surface area contributed by atoms with Gasteiger partial charge in [-0.3, -0.25) is 9.59 Å². The number of amides is 3. The molecule has 2 heterocycles. The van der Waals surface area contributed by atoms with E-state index in [2.05, 4.69) is 10.6 Å². The van der Waals surface area contributed by atoms with Gasteiger partial charge in [-0.2, -0.15) is 0 Å². The molecule has 3 amide bonds. The highest BCUT2D eigenvalue weighted by Crippen LogP contribution is 2.32. The summed E-state index contributed by atoms with van der Waals surface area (Å²) in [6.45, 7) is 2.87. The minimum Gasteiger partial charge on any atom is -0.448 e. The Morgan fingerprint density at radius 2 is 2.03 bits per heavy atom. The van der Waals surface area contributed by atoms with Crippen molar-refractivity contribution in [3.8, 4) is 0 Å². The zero-order chi connectivity index (χ0) is 22.8. The van der Waals surface area contributed by atoms with Gasteiger partial charge in [0.1, 0.15) is 12.4 Å². The van der Waals surface area contributed by atoms with Crippen molar-refractivity contribution < 1.29 is 23.5 Å². The first-order valence-electron chi connectivity index (χ1n) is 10.1. The lowest BCUT2D eigenvalue weighted by atomic mass is 9.86. The van der Waals surface area contributed by atoms with E-state index in [1.165, 1.54) is 23.2 Å². The van der Waals surface area contributed by atoms with Crippen molar-refractivity contribution >= 4 is 35.2 Å². The lowest BCUT2D eigenvalue weighted by Crippen LogP contribution is -2.32. The fourth-order valence-corrected chi connectivity index (χ4v) is 4.05. The van der Waals surface area contributed by atoms with Crippen LogP contribution in [0.2, 0.25) is 5.02 Å². The maximum Gasteiger partial charge on any atom is 0.410 e. The van der Waals surface area contributed by atoms with E-state index >= 15 is 0 Å². The molecule has 166 valence electrons. The zero-order valence-corrected chi connectivity index (χ0v) is 18.0. The quantitative estimate of drug-likeness (QED) is 0.713. The summed E-state index contributed by atoms with van der Waals surface area (Å²) >= 11 is 6.36. The molecule has 2 N–H and O–H groups in total. The first-order valence-corrected chi connectivity index (χ1v) is 10.5. The van der Waals surface area contributed by atoms with E-state index in [9.17, 15) is 18.8 Å². The third kappa shape index (κ3) is 4.60. The fraction of sp³-hybridized carbons (Fsp3) is 0.261. The molecule has 0 spiro atoms. The van der Waals surface area contributed by atoms with Gasteiger partial charge >= 0.3 is 6.09 Å². The van der Waals surface area contributed by atoms with Gasteiger partial charge in [0, 0.05) is 34.8 Å². The molecule has 0 aromatic heterocycles. The Hall–Kier alpha value is -3.39. The van der Waals surface area contributed by atoms with Crippen LogP contribution in [0.4, 0.5) is 14.9 Å². The summed E-state index contributed by atoms with van der Waals surface area (Å²) in [5.74, 6) is -1.51. The van der Waals surface area contributed by atoms with Crippen LogP contribution in [-0.2, 0) is 20.9 Å². The molecule has 0 saturated carbocycles. The Morgan fingerprint density at radius 1 is 1.28 bits per heavy atom. The third-order valence-corrected chi connectivity index (χ3v) is 5.89. The molecule has 7 nitrogen and oxygen atoms in total. The number of hydrogen-bond acceptors (Lipinski definition) is 4. The first kappa shape index (κ1) is 21.8. The van der Waals surface area contributed by atoms with Gasteiger partial charge < -0.3 is 20.3 Å². The zero-order valence-electron chi connectivity index (χ0n) is 17.3. The number of cyclic esters (lactones) is 1. The maximum absolute atomic E-state index is 13.3. The van der Waals surface area contributed by atoms with E-state index in [1.807, 2.05) is 6.92 Å². The highest BCUT2D eigenvalue weighted by Gasteiger charge is 2.29. The molecular weight excluding hydrogens is 437 g/mol. The topological polar surface area (TPSA) is 87.7 Å². The third-order valence-electron chi connectivity index (χ3n) is 5.54. The van der Waals surface area contributed by atoms with Gasteiger partial charge in [0.05, 0.1) is 13.1 Å². The molecule has 2 aromatic rings. The summed E-state index contributed by atoms with van der Waals surface area (Å²) in [6.07, 6.45) is 1.06. The molecule has 2 aliphatic heterocycles. The lowest BCUT2D eigenvalue weighted by Gasteiger charge is -2.24. The average molecular weight is 458 g/mol. The SMILES string of the molecule is Cc1cc(Cl)c(CN2CCOC2=O)cc1NC(=O)C1=CNC(=O)CC1c1ccc(F)cc1. The second-order valence-electron chi connectivity index (χ2n) is 7.72. The number of nitrogens with one attached hydrogen (secondary N) is 2. The summed E-state index contributed by atoms with van der Waals surface area (Å²) in [6, 6.07) is 9.20. The Kier molecular flexibility index (Phi) is 6.14. The van der Waals surface area contributed by atoms with Crippen LogP contribution < -0.4 is 10.6 Å². The molecule has 4 rings (SSSR count). The monoisotopic (exact) mass is 457 g/mol. The van der Waals surface area contributed by atoms with Gasteiger partial charge in [-0.05, 0) is 47.9 Å². The molecule has 1 unspecified atom stereocenters. The van der Waals surface area contributed by atoms with Gasteiger partial charge in [0.25, 0.3) is 5.91 Å². The van der Waals surface area contributed by atoms with Crippen molar-refractivity contribution in [3.63, 3.8) is 0 Å². The van der Waals surface area contributed by atoms with E-state index in [1.54, 1.807) is 24.3 Å². The number of aryl methyl sites for hydroxylation is 1. The second kappa shape index (κ2) is 9.00. The number of carbonyl (C=O) groups is 3. The van der Waals surface area contributed by atoms with Crippen molar-refractivity contribution in [1.82, 2.24) is 10.2 Å². The summed E-state index contributed by atoms with van der Waals surface area (Å²) in [7, 11) is 0. The number of rotatable bonds is 5. The predicted octanol–water partition coefficient (Wildman–Crippen LogP) is 3.87. The first-order chi connectivity index (χ1) is 15.3. The van der Waals surface area contributed by atoms with Crippen molar-refractivity contribution in [2.24, 2.45) is 0 Å². The van der Waals surface area contributed by atoms with Crippen LogP contribution in [0.15, 0.2) is 48.2 Å². The summed E-state index contributed by atoms with van der Waals surface area (Å²) in [4.78, 5) is 38.4. The largest absolute Gasteiger partial charge is 0.448 e. The summed E-state index contributed by atoms with van der Waals surface area (Å²) in [5, 5.41) is 5.95. The molecule has 0 bridgehead atoms. The lowest BCUT2D eigenvalue weighted by molar-refractivity contribution is -0.121. The highest BCUT2D eigenvalue weighted by molar-refractivity contribution is 6.31. The van der Waals surface area contributed by atoms with Crippen molar-refractivity contribution in [2.45, 2.75) is 25.8 Å². The Labute approximate surface area is 189 Å². The summed E-state index contributed by atoms with van der Waals surface area (Å²) < 4.78 is 18.3. The van der Waals surface area contributed by atoms with Crippen LogP contribution in [0.5, 0.6) is 0 Å². The van der Waals surface area contributed by atoms with Crippen molar-refractivity contribution in [3.05, 3.63) is 75.7 Å². The molecule has 2 aromatic carbocycles. The standard InChI is InChI=1S/C23H21ClFN3O4/c1-13-8-19(24)15(12-28-6-7-32-23(28)31)9-20(13)27-22(30)18-11-26-21(29)10-17(18)14-2-4-16(25)5-3-14/h2-5,8-9,11,17H,6-7,10,12H2,1H3,(H,26,29)(H,27,30). The number of ether oxygens (including phenoxy) is 1. The Bertz CT molecular complexity index is 1120. The Morgan fingerprint density at radius 3 is 2.72 bits per heavy atom. The van der Waals surface area contributed by atoms with Gasteiger partial charge in [0.15, 0.2) is 0 Å². The number of hydrogen-bond donors (Lipinski definition) is 2. The van der Waals surface area contributed by atoms with Crippen molar-refractivity contribution in [1.29, 1.82) is 0 Å². The summed E-state index contributed by atoms with van der Waals surface area (Å²) in [5.41, 5.74) is 2.99. The van der Waals surface area contributed by atoms with Crippen LogP contribution in [0, 0.1) is 12.7 Å². The van der Waals surface area contributed by atoms with Crippen LogP contribution >= 0.6 is 11.6 Å². The number of halogens is 2. The van der Waals surface area contributed by atoms with Crippen LogP contribution in [0.1, 0.15) is 29.0 Å². The minimum absolute atomic E-state index is 0.0762. The minimum atomic E-state index is -0.504. The van der Waals surface area contributed by atoms with E-state index in [0.29, 0.717) is 40.6 Å². The number of benzene rings is 2. The van der Waals surface area contributed by atoms with Gasteiger partial charge in [0.2, 0.25) is 5.91 Å². The maximum atomic E-state index is 13.3. The van der Waals surface area contributed by atoms with Gasteiger partial charge in [-0.1, -0.05) is 23.7 Å². The number of nitrogens with zero attached hydrogens (tertiary/aromatic N) is 1. The molecule has 32 heavy (non-hydrogen) atoms. The molecule has 0 aliphatic carbocycles. The van der Waals surface area contributed by atoms with E-state index in [0.717, 1.165) is 5.56 Å². The number of anilines is 1. The van der Waals surface area contributed by atoms with Crippen molar-refractivity contribution in [2.75, 3.05) is 18.5 Å². The molecular formula is C23H21ClFN3O4. The van der Waals surface area contributed by atoms with Gasteiger partial charge in [-0.15, -0.1) is 0 Å². The van der Waals surface area contributed by atoms with Crippen LogP contribution in [0.25, 0.3) is 0 Å². The molecule has 1 saturated heterocycles. The van der Waals surface area contributed by atoms with E-state index < -0.39 is 23.7 Å². The fourth-order valence-electron chi connectivity index (χ4n) is 3.77. The van der Waals surface area contributed by atoms with Crippen LogP contribution in [0.3, 0.4) is 0 Å². The molecule has 1 atom stereocenters. The van der Waals surface area contributed by atoms with Gasteiger partial charge in [-0.25, -0.2) is 9.18 Å².